The van der Waals surface area contributed by atoms with Crippen LogP contribution in [-0.2, 0) is 4.79 Å². The second-order valence-corrected chi connectivity index (χ2v) is 6.89. The molecule has 0 bridgehead atoms. The zero-order valence-electron chi connectivity index (χ0n) is 12.1. The first-order valence-corrected chi connectivity index (χ1v) is 11.8. The molecule has 0 saturated carbocycles. The summed E-state index contributed by atoms with van der Waals surface area (Å²) in [6, 6.07) is -2.03. The van der Waals surface area contributed by atoms with Gasteiger partial charge in [0.2, 0.25) is 0 Å². The molecule has 0 aliphatic carbocycles. The van der Waals surface area contributed by atoms with Crippen molar-refractivity contribution in [2.24, 2.45) is 27.2 Å². The summed E-state index contributed by atoms with van der Waals surface area (Å²) in [7, 11) is 0. The molecule has 2 atom stereocenters. The van der Waals surface area contributed by atoms with Crippen LogP contribution < -0.4 is 27.4 Å². The molecule has 20 heavy (non-hydrogen) atoms. The Balaban J connectivity index is 0. The molecule has 6 N–H and O–H groups in total. The van der Waals surface area contributed by atoms with Crippen LogP contribution in [0.25, 0.3) is 0 Å². The monoisotopic (exact) mass is 393 g/mol. The third kappa shape index (κ3) is 13.4. The van der Waals surface area contributed by atoms with Gasteiger partial charge >= 0.3 is 31.0 Å². The normalized spacial score (nSPS) is 13.3. The first kappa shape index (κ1) is 21.3. The van der Waals surface area contributed by atoms with Crippen LogP contribution in [0.1, 0.15) is 19.8 Å². The second-order valence-electron chi connectivity index (χ2n) is 4.04. The van der Waals surface area contributed by atoms with Crippen LogP contribution in [0, 0.1) is 0 Å². The number of guanidine groups is 1. The number of aliphatic carboxylic acids is 1. The van der Waals surface area contributed by atoms with Gasteiger partial charge in [0.15, 0.2) is 5.96 Å². The van der Waals surface area contributed by atoms with Gasteiger partial charge in [0, 0.05) is 12.6 Å². The van der Waals surface area contributed by atoms with Crippen LogP contribution in [0.3, 0.4) is 0 Å². The zero-order chi connectivity index (χ0) is 16.1. The van der Waals surface area contributed by atoms with Crippen molar-refractivity contribution in [2.75, 3.05) is 6.54 Å². The minimum absolute atomic E-state index is 0.0707. The predicted octanol–water partition coefficient (Wildman–Crippen LogP) is -2.95. The molecule has 0 aromatic carbocycles. The van der Waals surface area contributed by atoms with E-state index in [1.807, 2.05) is 0 Å². The van der Waals surface area contributed by atoms with Crippen molar-refractivity contribution < 1.29 is 15.0 Å². The Kier molecular flexibility index (Phi) is 13.8. The Morgan fingerprint density at radius 2 is 1.80 bits per heavy atom. The fraction of sp³-hybridized carbons (Fsp3) is 0.727. The van der Waals surface area contributed by atoms with E-state index in [0.29, 0.717) is 6.42 Å². The molecule has 0 saturated heterocycles. The first-order chi connectivity index (χ1) is 9.26. The van der Waals surface area contributed by atoms with Crippen LogP contribution in [0.15, 0.2) is 9.98 Å². The Morgan fingerprint density at radius 1 is 1.30 bits per heavy atom. The van der Waals surface area contributed by atoms with E-state index in [-0.39, 0.29) is 40.1 Å². The fourth-order valence-corrected chi connectivity index (χ4v) is 0.999. The number of carboxylic acid groups (broad SMARTS) is 1. The molecule has 0 radical (unpaired) electrons. The number of rotatable bonds is 7. The Labute approximate surface area is 129 Å². The summed E-state index contributed by atoms with van der Waals surface area (Å²) in [4.78, 5) is 22.4. The van der Waals surface area contributed by atoms with Crippen molar-refractivity contribution in [2.45, 2.75) is 41.7 Å². The first-order valence-electron chi connectivity index (χ1n) is 6.11. The van der Waals surface area contributed by atoms with Gasteiger partial charge in [-0.3, -0.25) is 9.98 Å². The molecule has 0 aromatic rings. The van der Waals surface area contributed by atoms with E-state index in [4.69, 9.17) is 17.2 Å². The van der Waals surface area contributed by atoms with E-state index in [1.165, 1.54) is 6.92 Å². The van der Waals surface area contributed by atoms with Gasteiger partial charge in [0.25, 0.3) is 0 Å². The van der Waals surface area contributed by atoms with Gasteiger partial charge in [-0.2, -0.15) is 0 Å². The Morgan fingerprint density at radius 3 is 2.15 bits per heavy atom. The molecule has 9 heteroatoms. The predicted molar refractivity (Wildman–Crippen MR) is 77.3 cm³/mol. The molecule has 0 spiro atoms. The van der Waals surface area contributed by atoms with Crippen molar-refractivity contribution in [3.8, 4) is 0 Å². The summed E-state index contributed by atoms with van der Waals surface area (Å²) in [6.07, 6.45) is 0.504. The number of carbonyl (C=O) groups excluding carboxylic acids is 1. The molecular formula is C11H23N5O3Sn. The average molecular weight is 392 g/mol. The second kappa shape index (κ2) is 13.0. The molecule has 0 rings (SSSR count). The van der Waals surface area contributed by atoms with Crippen molar-refractivity contribution >= 4 is 39.0 Å². The topological polar surface area (TPSA) is 166 Å². The molecule has 0 aromatic heterocycles. The molecule has 0 amide bonds. The van der Waals surface area contributed by atoms with Crippen LogP contribution >= 0.6 is 0 Å². The summed E-state index contributed by atoms with van der Waals surface area (Å²) in [6.45, 7) is 1.70. The number of hydrogen-bond donors (Lipinski definition) is 3. The van der Waals surface area contributed by atoms with E-state index in [2.05, 4.69) is 19.9 Å². The molecule has 0 aliphatic rings. The van der Waals surface area contributed by atoms with E-state index in [0.717, 1.165) is 0 Å². The van der Waals surface area contributed by atoms with E-state index >= 15 is 0 Å². The summed E-state index contributed by atoms with van der Waals surface area (Å²) >= 11 is 0.230. The molecule has 0 aliphatic heterocycles. The summed E-state index contributed by atoms with van der Waals surface area (Å²) < 4.78 is 0. The molecule has 0 unspecified atom stereocenters. The van der Waals surface area contributed by atoms with Crippen LogP contribution in [0.4, 0.5) is 0 Å². The molecule has 8 nitrogen and oxygen atoms in total. The van der Waals surface area contributed by atoms with Crippen LogP contribution in [0.5, 0.6) is 0 Å². The van der Waals surface area contributed by atoms with Gasteiger partial charge in [-0.15, -0.1) is 0 Å². The van der Waals surface area contributed by atoms with Gasteiger partial charge < -0.3 is 32.2 Å². The molecule has 0 heterocycles. The minimum atomic E-state index is -1.41. The standard InChI is InChI=1S/C9H19N5O3.2CH3.Sn/c1-5(10)7(15)14-6(8(16)17)3-2-4-13-9(11)12;;;/h5-6H,2-4,10H2,1H3,(H,14,15)(H,16,17)(H4,11,12,13);2*1H3;/q;;;+2/p-2/t5-,6-;;;/m0.../s1. The number of hydrogen-bond acceptors (Lipinski definition) is 6. The van der Waals surface area contributed by atoms with Crippen LogP contribution in [0.2, 0.25) is 9.88 Å². The van der Waals surface area contributed by atoms with Gasteiger partial charge in [-0.05, 0) is 25.7 Å². The van der Waals surface area contributed by atoms with E-state index in [9.17, 15) is 15.0 Å². The number of carboxylic acids is 1. The van der Waals surface area contributed by atoms with Crippen molar-refractivity contribution in [1.29, 1.82) is 0 Å². The van der Waals surface area contributed by atoms with E-state index < -0.39 is 24.0 Å². The summed E-state index contributed by atoms with van der Waals surface area (Å²) in [5.74, 6) is -2.15. The maximum atomic E-state index is 11.1. The number of nitrogens with zero attached hydrogens (tertiary/aromatic N) is 2. The molecular weight excluding hydrogens is 369 g/mol. The zero-order valence-corrected chi connectivity index (χ0v) is 15.0. The SMILES string of the molecule is C[C@H](N)C([O-])=N[C@@H](CCCN=C(N)N)C(=O)[O-].[CH3][Sn+2][CH3]. The van der Waals surface area contributed by atoms with Gasteiger partial charge in [0.05, 0.1) is 12.0 Å². The number of nitrogens with two attached hydrogens (primary N) is 3. The van der Waals surface area contributed by atoms with Crippen molar-refractivity contribution in [1.82, 2.24) is 0 Å². The summed E-state index contributed by atoms with van der Waals surface area (Å²) in [5, 5.41) is 21.9. The number of aliphatic imine (C=N–C) groups is 2. The quantitative estimate of drug-likeness (QED) is 0.181. The average Bonchev–Trinajstić information content (AvgIpc) is 2.32. The molecule has 0 fully saturated rings. The Bertz CT molecular complexity index is 330. The fourth-order valence-electron chi connectivity index (χ4n) is 0.999. The van der Waals surface area contributed by atoms with Gasteiger partial charge in [0.1, 0.15) is 0 Å². The third-order valence-corrected chi connectivity index (χ3v) is 1.87. The van der Waals surface area contributed by atoms with E-state index in [1.54, 1.807) is 0 Å². The Hall–Kier alpha value is -1.03. The van der Waals surface area contributed by atoms with Gasteiger partial charge in [-0.25, -0.2) is 0 Å². The third-order valence-electron chi connectivity index (χ3n) is 1.87. The molecule has 114 valence electrons. The van der Waals surface area contributed by atoms with Crippen LogP contribution in [-0.4, -0.2) is 57.6 Å². The van der Waals surface area contributed by atoms with Gasteiger partial charge in [-0.1, -0.05) is 0 Å². The van der Waals surface area contributed by atoms with Crippen molar-refractivity contribution in [3.63, 3.8) is 0 Å². The number of carbonyl (C=O) groups is 1. The maximum absolute atomic E-state index is 11.1. The van der Waals surface area contributed by atoms with Crippen molar-refractivity contribution in [3.05, 3.63) is 0 Å². The summed E-state index contributed by atoms with van der Waals surface area (Å²) in [5.41, 5.74) is 15.5.